The van der Waals surface area contributed by atoms with E-state index in [1.165, 1.54) is 43.7 Å². The Morgan fingerprint density at radius 2 is 1.35 bits per heavy atom. The van der Waals surface area contributed by atoms with E-state index < -0.39 is 26.2 Å². The van der Waals surface area contributed by atoms with Crippen molar-refractivity contribution in [2.45, 2.75) is 22.3 Å². The second kappa shape index (κ2) is 14.2. The minimum Gasteiger partial charge on any atom is -0.399 e. The van der Waals surface area contributed by atoms with Gasteiger partial charge in [0.25, 0.3) is 0 Å². The molecule has 1 aliphatic rings. The summed E-state index contributed by atoms with van der Waals surface area (Å²) in [6.07, 6.45) is 6.25. The van der Waals surface area contributed by atoms with Gasteiger partial charge >= 0.3 is 10.1 Å². The molecule has 2 N–H and O–H groups in total. The van der Waals surface area contributed by atoms with E-state index in [2.05, 4.69) is 14.9 Å². The first-order chi connectivity index (χ1) is 25.0. The first-order valence-corrected chi connectivity index (χ1v) is 19.4. The zero-order chi connectivity index (χ0) is 36.5. The summed E-state index contributed by atoms with van der Waals surface area (Å²) in [5.74, 6) is -0.264. The number of anilines is 2. The molecule has 7 rings (SSSR count). The number of nitrogen functional groups attached to an aromatic ring is 1. The molecule has 266 valence electrons. The van der Waals surface area contributed by atoms with Crippen molar-refractivity contribution >= 4 is 59.0 Å². The van der Waals surface area contributed by atoms with Gasteiger partial charge in [-0.05, 0) is 72.6 Å². The third-order valence-corrected chi connectivity index (χ3v) is 12.6. The monoisotopic (exact) mass is 736 g/mol. The van der Waals surface area contributed by atoms with Crippen molar-refractivity contribution in [3.05, 3.63) is 127 Å². The van der Waals surface area contributed by atoms with Gasteiger partial charge in [-0.25, -0.2) is 8.42 Å². The van der Waals surface area contributed by atoms with Crippen LogP contribution in [-0.4, -0.2) is 81.2 Å². The second-order valence-corrected chi connectivity index (χ2v) is 16.0. The molecule has 12 nitrogen and oxygen atoms in total. The molecule has 0 bridgehead atoms. The number of rotatable bonds is 10. The standard InChI is InChI=1S/C38H36N6O6S2/c1-42(51(46,47)36-6-2-4-28-25-40-18-16-33(28)36)35(38(45)44-22-20-43(21-23-44)31-12-10-30(39)11-13-31)24-27-8-14-32(15-9-27)50-52(48,49)37-7-3-5-29-26-41-19-17-34(29)37/h2-19,25-26,35H,20-24,39H2,1H3/t35-/m0/s1. The van der Waals surface area contributed by atoms with Crippen LogP contribution in [0.25, 0.3) is 21.5 Å². The number of likely N-dealkylation sites (N-methyl/N-ethyl adjacent to an activating group) is 1. The zero-order valence-corrected chi connectivity index (χ0v) is 29.9. The van der Waals surface area contributed by atoms with Gasteiger partial charge in [-0.3, -0.25) is 14.8 Å². The predicted octanol–water partition coefficient (Wildman–Crippen LogP) is 4.71. The van der Waals surface area contributed by atoms with Gasteiger partial charge in [0, 0.05) is 90.9 Å². The molecule has 4 aromatic carbocycles. The van der Waals surface area contributed by atoms with Gasteiger partial charge in [-0.2, -0.15) is 12.7 Å². The summed E-state index contributed by atoms with van der Waals surface area (Å²) in [6.45, 7) is 1.90. The number of hydrogen-bond acceptors (Lipinski definition) is 10. The summed E-state index contributed by atoms with van der Waals surface area (Å²) in [5.41, 5.74) is 8.13. The molecule has 0 spiro atoms. The third-order valence-electron chi connectivity index (χ3n) is 9.34. The number of hydrogen-bond donors (Lipinski definition) is 1. The van der Waals surface area contributed by atoms with Crippen LogP contribution in [0.1, 0.15) is 5.56 Å². The van der Waals surface area contributed by atoms with Crippen molar-refractivity contribution in [1.82, 2.24) is 19.2 Å². The average Bonchev–Trinajstić information content (AvgIpc) is 3.17. The number of carbonyl (C=O) groups is 1. The van der Waals surface area contributed by atoms with E-state index >= 15 is 0 Å². The van der Waals surface area contributed by atoms with Crippen LogP contribution in [-0.2, 0) is 31.4 Å². The molecule has 2 aromatic heterocycles. The molecule has 1 fully saturated rings. The maximum Gasteiger partial charge on any atom is 0.339 e. The van der Waals surface area contributed by atoms with Crippen molar-refractivity contribution in [1.29, 1.82) is 0 Å². The topological polar surface area (TPSA) is 156 Å². The SMILES string of the molecule is CN([C@@H](Cc1ccc(OS(=O)(=O)c2cccc3cnccc23)cc1)C(=O)N1CCN(c2ccc(N)cc2)CC1)S(=O)(=O)c1cccc2cnccc12. The Hall–Kier alpha value is -5.57. The first-order valence-electron chi connectivity index (χ1n) is 16.6. The molecule has 52 heavy (non-hydrogen) atoms. The Balaban J connectivity index is 1.15. The molecule has 14 heteroatoms. The highest BCUT2D eigenvalue weighted by molar-refractivity contribution is 7.89. The maximum atomic E-state index is 14.4. The van der Waals surface area contributed by atoms with Gasteiger partial charge in [-0.1, -0.05) is 36.4 Å². The number of nitrogens with two attached hydrogens (primary N) is 1. The lowest BCUT2D eigenvalue weighted by molar-refractivity contribution is -0.135. The molecular weight excluding hydrogens is 701 g/mol. The number of piperazine rings is 1. The number of benzene rings is 4. The van der Waals surface area contributed by atoms with Crippen molar-refractivity contribution in [2.75, 3.05) is 43.9 Å². The quantitative estimate of drug-likeness (QED) is 0.154. The minimum atomic E-state index is -4.20. The fraction of sp³-hybridized carbons (Fsp3) is 0.184. The Kier molecular flexibility index (Phi) is 9.53. The number of sulfonamides is 1. The van der Waals surface area contributed by atoms with Crippen LogP contribution in [0.3, 0.4) is 0 Å². The van der Waals surface area contributed by atoms with Gasteiger partial charge in [0.15, 0.2) is 0 Å². The molecular formula is C38H36N6O6S2. The van der Waals surface area contributed by atoms with Crippen LogP contribution < -0.4 is 14.8 Å². The van der Waals surface area contributed by atoms with Crippen LogP contribution in [0.5, 0.6) is 5.75 Å². The summed E-state index contributed by atoms with van der Waals surface area (Å²) < 4.78 is 61.9. The van der Waals surface area contributed by atoms with E-state index in [-0.39, 0.29) is 27.9 Å². The highest BCUT2D eigenvalue weighted by Gasteiger charge is 2.37. The fourth-order valence-corrected chi connectivity index (χ4v) is 9.16. The van der Waals surface area contributed by atoms with Crippen LogP contribution in [0, 0.1) is 0 Å². The highest BCUT2D eigenvalue weighted by Crippen LogP contribution is 2.29. The summed E-state index contributed by atoms with van der Waals surface area (Å²) in [6, 6.07) is 25.8. The van der Waals surface area contributed by atoms with Gasteiger partial charge in [0.05, 0.1) is 4.90 Å². The van der Waals surface area contributed by atoms with Crippen molar-refractivity contribution in [2.24, 2.45) is 0 Å². The first kappa shape index (κ1) is 34.9. The molecule has 1 amide bonds. The smallest absolute Gasteiger partial charge is 0.339 e. The Labute approximate surface area is 302 Å². The molecule has 0 unspecified atom stereocenters. The summed E-state index contributed by atoms with van der Waals surface area (Å²) in [7, 11) is -6.96. The largest absolute Gasteiger partial charge is 0.399 e. The zero-order valence-electron chi connectivity index (χ0n) is 28.2. The van der Waals surface area contributed by atoms with Gasteiger partial charge in [-0.15, -0.1) is 0 Å². The van der Waals surface area contributed by atoms with E-state index in [9.17, 15) is 21.6 Å². The van der Waals surface area contributed by atoms with Gasteiger partial charge in [0.2, 0.25) is 15.9 Å². The number of aromatic nitrogens is 2. The van der Waals surface area contributed by atoms with Crippen molar-refractivity contribution < 1.29 is 25.8 Å². The normalized spacial score (nSPS) is 14.5. The minimum absolute atomic E-state index is 0.00896. The number of carbonyl (C=O) groups excluding carboxylic acids is 1. The Morgan fingerprint density at radius 1 is 0.769 bits per heavy atom. The summed E-state index contributed by atoms with van der Waals surface area (Å²) in [4.78, 5) is 26.5. The second-order valence-electron chi connectivity index (χ2n) is 12.5. The van der Waals surface area contributed by atoms with Crippen LogP contribution >= 0.6 is 0 Å². The lowest BCUT2D eigenvalue weighted by Gasteiger charge is -2.39. The highest BCUT2D eigenvalue weighted by atomic mass is 32.2. The van der Waals surface area contributed by atoms with Crippen LogP contribution in [0.15, 0.2) is 132 Å². The lowest BCUT2D eigenvalue weighted by atomic mass is 10.0. The van der Waals surface area contributed by atoms with E-state index in [0.29, 0.717) is 59.0 Å². The molecule has 0 radical (unpaired) electrons. The van der Waals surface area contributed by atoms with E-state index in [4.69, 9.17) is 9.92 Å². The summed E-state index contributed by atoms with van der Waals surface area (Å²) >= 11 is 0. The van der Waals surface area contributed by atoms with Crippen molar-refractivity contribution in [3.63, 3.8) is 0 Å². The number of fused-ring (bicyclic) bond motifs is 2. The fourth-order valence-electron chi connectivity index (χ4n) is 6.48. The van der Waals surface area contributed by atoms with E-state index in [0.717, 1.165) is 9.99 Å². The van der Waals surface area contributed by atoms with Gasteiger partial charge in [0.1, 0.15) is 16.7 Å². The number of pyridine rings is 2. The molecule has 0 aliphatic carbocycles. The van der Waals surface area contributed by atoms with Gasteiger partial charge < -0.3 is 19.7 Å². The Morgan fingerprint density at radius 3 is 1.96 bits per heavy atom. The molecule has 1 atom stereocenters. The maximum absolute atomic E-state index is 14.4. The predicted molar refractivity (Wildman–Crippen MR) is 200 cm³/mol. The molecule has 0 saturated carbocycles. The van der Waals surface area contributed by atoms with Crippen LogP contribution in [0.4, 0.5) is 11.4 Å². The van der Waals surface area contributed by atoms with E-state index in [1.54, 1.807) is 65.8 Å². The van der Waals surface area contributed by atoms with E-state index in [1.807, 2.05) is 24.3 Å². The lowest BCUT2D eigenvalue weighted by Crippen LogP contribution is -2.56. The van der Waals surface area contributed by atoms with Crippen molar-refractivity contribution in [3.8, 4) is 5.75 Å². The molecule has 3 heterocycles. The molecule has 1 saturated heterocycles. The molecule has 1 aliphatic heterocycles. The number of nitrogens with zero attached hydrogens (tertiary/aromatic N) is 5. The third kappa shape index (κ3) is 7.00. The summed E-state index contributed by atoms with van der Waals surface area (Å²) in [5, 5.41) is 2.29. The molecule has 6 aromatic rings. The van der Waals surface area contributed by atoms with Crippen LogP contribution in [0.2, 0.25) is 0 Å². The number of amides is 1. The Bertz CT molecular complexity index is 2460. The average molecular weight is 737 g/mol.